The molecule has 0 saturated carbocycles. The number of rotatable bonds is 5. The van der Waals surface area contributed by atoms with E-state index in [1.54, 1.807) is 59.5 Å². The molecule has 2 aromatic carbocycles. The van der Waals surface area contributed by atoms with Crippen LogP contribution in [0.1, 0.15) is 32.1 Å². The monoisotopic (exact) mass is 451 g/mol. The van der Waals surface area contributed by atoms with Crippen molar-refractivity contribution in [1.82, 2.24) is 26.0 Å². The average Bonchev–Trinajstić information content (AvgIpc) is 3.21. The van der Waals surface area contributed by atoms with Gasteiger partial charge in [-0.3, -0.25) is 25.2 Å². The van der Waals surface area contributed by atoms with Crippen molar-refractivity contribution in [1.29, 1.82) is 0 Å². The van der Waals surface area contributed by atoms with Gasteiger partial charge in [0.25, 0.3) is 17.4 Å². The maximum Gasteiger partial charge on any atom is 0.290 e. The number of aromatic amines is 1. The number of hydrazine groups is 1. The molecule has 0 unspecified atom stereocenters. The molecule has 0 aliphatic rings. The van der Waals surface area contributed by atoms with Gasteiger partial charge in [-0.1, -0.05) is 42.1 Å². The summed E-state index contributed by atoms with van der Waals surface area (Å²) in [6.45, 7) is 1.96. The summed E-state index contributed by atoms with van der Waals surface area (Å²) in [5.74, 6) is -0.347. The molecular formula is C21H17N5O3S2. The van der Waals surface area contributed by atoms with Crippen LogP contribution >= 0.6 is 23.1 Å². The van der Waals surface area contributed by atoms with Gasteiger partial charge in [0, 0.05) is 27.8 Å². The maximum atomic E-state index is 12.5. The number of fused-ring (bicyclic) bond motifs is 1. The van der Waals surface area contributed by atoms with Crippen LogP contribution in [0.15, 0.2) is 63.0 Å². The fourth-order valence-electron chi connectivity index (χ4n) is 2.83. The van der Waals surface area contributed by atoms with E-state index >= 15 is 0 Å². The largest absolute Gasteiger partial charge is 0.290 e. The molecule has 0 radical (unpaired) electrons. The zero-order chi connectivity index (χ0) is 21.8. The Bertz CT molecular complexity index is 1310. The summed E-state index contributed by atoms with van der Waals surface area (Å²) < 4.78 is 1.01. The Labute approximate surface area is 185 Å². The average molecular weight is 452 g/mol. The molecule has 4 rings (SSSR count). The fraction of sp³-hybridized carbons (Fsp3) is 0.0952. The number of aryl methyl sites for hydroxylation is 1. The van der Waals surface area contributed by atoms with Gasteiger partial charge in [0.2, 0.25) is 0 Å². The minimum absolute atomic E-state index is 0.0142. The molecule has 31 heavy (non-hydrogen) atoms. The van der Waals surface area contributed by atoms with Crippen LogP contribution in [-0.4, -0.2) is 27.0 Å². The number of amides is 2. The number of carbonyl (C=O) groups is 2. The van der Waals surface area contributed by atoms with Crippen molar-refractivity contribution in [2.45, 2.75) is 17.0 Å². The summed E-state index contributed by atoms with van der Waals surface area (Å²) in [7, 11) is 0. The van der Waals surface area contributed by atoms with Gasteiger partial charge < -0.3 is 0 Å². The predicted molar refractivity (Wildman–Crippen MR) is 120 cm³/mol. The van der Waals surface area contributed by atoms with Crippen LogP contribution in [0.2, 0.25) is 0 Å². The van der Waals surface area contributed by atoms with Crippen molar-refractivity contribution in [3.05, 3.63) is 86.8 Å². The van der Waals surface area contributed by atoms with Crippen molar-refractivity contribution >= 4 is 45.7 Å². The van der Waals surface area contributed by atoms with E-state index in [1.165, 1.54) is 0 Å². The topological polar surface area (TPSA) is 117 Å². The van der Waals surface area contributed by atoms with Gasteiger partial charge >= 0.3 is 0 Å². The highest BCUT2D eigenvalue weighted by Crippen LogP contribution is 2.26. The molecule has 0 fully saturated rings. The summed E-state index contributed by atoms with van der Waals surface area (Å²) in [6, 6.07) is 13.7. The molecule has 2 amide bonds. The number of nitrogens with zero attached hydrogens (tertiary/aromatic N) is 2. The molecule has 0 atom stereocenters. The summed E-state index contributed by atoms with van der Waals surface area (Å²) in [5, 5.41) is 8.85. The Kier molecular flexibility index (Phi) is 6.10. The number of H-pyrrole nitrogens is 1. The summed E-state index contributed by atoms with van der Waals surface area (Å²) in [4.78, 5) is 41.1. The van der Waals surface area contributed by atoms with Crippen LogP contribution in [0.4, 0.5) is 0 Å². The molecule has 2 aromatic heterocycles. The molecule has 2 heterocycles. The third-order valence-corrected chi connectivity index (χ3v) is 6.59. The lowest BCUT2D eigenvalue weighted by Gasteiger charge is -2.09. The van der Waals surface area contributed by atoms with Gasteiger partial charge in [-0.2, -0.15) is 5.10 Å². The highest BCUT2D eigenvalue weighted by molar-refractivity contribution is 8.00. The molecule has 0 spiro atoms. The van der Waals surface area contributed by atoms with Gasteiger partial charge in [0.15, 0.2) is 5.69 Å². The normalized spacial score (nSPS) is 10.7. The molecule has 10 heteroatoms. The van der Waals surface area contributed by atoms with E-state index in [1.807, 2.05) is 24.4 Å². The number of nitrogens with one attached hydrogen (secondary N) is 3. The number of hydrogen-bond acceptors (Lipinski definition) is 7. The molecular weight excluding hydrogens is 434 g/mol. The zero-order valence-corrected chi connectivity index (χ0v) is 18.0. The molecule has 0 aliphatic heterocycles. The number of thioether (sulfide) groups is 1. The van der Waals surface area contributed by atoms with Crippen molar-refractivity contribution in [3.63, 3.8) is 0 Å². The van der Waals surface area contributed by atoms with Crippen LogP contribution < -0.4 is 16.4 Å². The second-order valence-corrected chi connectivity index (χ2v) is 8.68. The molecule has 0 bridgehead atoms. The van der Waals surface area contributed by atoms with Crippen LogP contribution in [0.25, 0.3) is 10.8 Å². The standard InChI is InChI=1S/C21H17N5O3S2/c1-12-10-30-21(22-12)31-11-13-6-8-14(9-7-13)18(27)24-26-20(29)17-15-4-2-3-5-16(15)19(28)25-23-17/h2-10H,11H2,1H3,(H,24,27)(H,25,28)(H,26,29). The first-order chi connectivity index (χ1) is 15.0. The van der Waals surface area contributed by atoms with Crippen LogP contribution in [0.3, 0.4) is 0 Å². The van der Waals surface area contributed by atoms with Crippen LogP contribution in [-0.2, 0) is 5.75 Å². The zero-order valence-electron chi connectivity index (χ0n) is 16.3. The fourth-order valence-corrected chi connectivity index (χ4v) is 4.63. The molecule has 3 N–H and O–H groups in total. The molecule has 8 nitrogen and oxygen atoms in total. The van der Waals surface area contributed by atoms with Gasteiger partial charge in [0.1, 0.15) is 4.34 Å². The highest BCUT2D eigenvalue weighted by atomic mass is 32.2. The second kappa shape index (κ2) is 9.11. The smallest absolute Gasteiger partial charge is 0.267 e. The van der Waals surface area contributed by atoms with E-state index in [9.17, 15) is 14.4 Å². The van der Waals surface area contributed by atoms with E-state index in [0.29, 0.717) is 16.3 Å². The quantitative estimate of drug-likeness (QED) is 0.317. The second-order valence-electron chi connectivity index (χ2n) is 6.60. The number of carbonyl (C=O) groups excluding carboxylic acids is 2. The number of hydrogen-bond donors (Lipinski definition) is 3. The number of thiazole rings is 1. The molecule has 156 valence electrons. The van der Waals surface area contributed by atoms with E-state index in [2.05, 4.69) is 26.0 Å². The van der Waals surface area contributed by atoms with E-state index in [0.717, 1.165) is 21.3 Å². The SMILES string of the molecule is Cc1csc(SCc2ccc(C(=O)NNC(=O)c3n[nH]c(=O)c4ccccc34)cc2)n1. The summed E-state index contributed by atoms with van der Waals surface area (Å²) in [5.41, 5.74) is 6.80. The van der Waals surface area contributed by atoms with Crippen molar-refractivity contribution in [2.75, 3.05) is 0 Å². The van der Waals surface area contributed by atoms with E-state index in [-0.39, 0.29) is 11.3 Å². The van der Waals surface area contributed by atoms with Gasteiger partial charge in [-0.05, 0) is 30.7 Å². The van der Waals surface area contributed by atoms with Crippen LogP contribution in [0.5, 0.6) is 0 Å². The minimum Gasteiger partial charge on any atom is -0.267 e. The highest BCUT2D eigenvalue weighted by Gasteiger charge is 2.15. The first-order valence-corrected chi connectivity index (χ1v) is 11.1. The Morgan fingerprint density at radius 2 is 1.74 bits per heavy atom. The Morgan fingerprint density at radius 3 is 2.45 bits per heavy atom. The van der Waals surface area contributed by atoms with Crippen molar-refractivity contribution < 1.29 is 9.59 Å². The van der Waals surface area contributed by atoms with Gasteiger partial charge in [-0.25, -0.2) is 10.1 Å². The lowest BCUT2D eigenvalue weighted by atomic mass is 10.1. The van der Waals surface area contributed by atoms with Gasteiger partial charge in [0.05, 0.1) is 5.39 Å². The van der Waals surface area contributed by atoms with Gasteiger partial charge in [-0.15, -0.1) is 11.3 Å². The first kappa shape index (κ1) is 20.8. The first-order valence-electron chi connectivity index (χ1n) is 9.23. The molecule has 0 aliphatic carbocycles. The number of aromatic nitrogens is 3. The predicted octanol–water partition coefficient (Wildman–Crippen LogP) is 3.06. The molecule has 0 saturated heterocycles. The lowest BCUT2D eigenvalue weighted by Crippen LogP contribution is -2.42. The van der Waals surface area contributed by atoms with Crippen LogP contribution in [0, 0.1) is 6.92 Å². The lowest BCUT2D eigenvalue weighted by molar-refractivity contribution is 0.0844. The third kappa shape index (κ3) is 4.81. The summed E-state index contributed by atoms with van der Waals surface area (Å²) >= 11 is 3.25. The maximum absolute atomic E-state index is 12.5. The molecule has 4 aromatic rings. The Balaban J connectivity index is 1.37. The third-order valence-electron chi connectivity index (χ3n) is 4.38. The Morgan fingerprint density at radius 1 is 1.03 bits per heavy atom. The van der Waals surface area contributed by atoms with E-state index < -0.39 is 11.8 Å². The van der Waals surface area contributed by atoms with Crippen molar-refractivity contribution in [2.24, 2.45) is 0 Å². The van der Waals surface area contributed by atoms with Crippen molar-refractivity contribution in [3.8, 4) is 0 Å². The Hall–Kier alpha value is -3.50. The number of benzene rings is 2. The minimum atomic E-state index is -0.632. The van der Waals surface area contributed by atoms with E-state index in [4.69, 9.17) is 0 Å². The summed E-state index contributed by atoms with van der Waals surface area (Å²) in [6.07, 6.45) is 0.